The molecule has 0 saturated heterocycles. The monoisotopic (exact) mass is 198 g/mol. The average molecular weight is 198 g/mol. The normalized spacial score (nSPS) is 10.9. The van der Waals surface area contributed by atoms with E-state index in [9.17, 15) is 8.78 Å². The summed E-state index contributed by atoms with van der Waals surface area (Å²) in [6.07, 6.45) is 3.16. The molecule has 3 heteroatoms. The van der Waals surface area contributed by atoms with E-state index in [-0.39, 0.29) is 11.3 Å². The van der Waals surface area contributed by atoms with Gasteiger partial charge in [0.15, 0.2) is 11.6 Å². The van der Waals surface area contributed by atoms with Crippen molar-refractivity contribution in [1.29, 1.82) is 0 Å². The Morgan fingerprint density at radius 1 is 1.29 bits per heavy atom. The Kier molecular flexibility index (Phi) is 3.63. The van der Waals surface area contributed by atoms with E-state index in [0.29, 0.717) is 6.61 Å². The van der Waals surface area contributed by atoms with Crippen LogP contribution in [0.25, 0.3) is 6.08 Å². The third-order valence-corrected chi connectivity index (χ3v) is 1.72. The van der Waals surface area contributed by atoms with Crippen molar-refractivity contribution in [2.45, 2.75) is 13.8 Å². The van der Waals surface area contributed by atoms with Crippen molar-refractivity contribution in [3.8, 4) is 5.75 Å². The molecule has 0 N–H and O–H groups in total. The van der Waals surface area contributed by atoms with Gasteiger partial charge in [-0.25, -0.2) is 4.39 Å². The van der Waals surface area contributed by atoms with Crippen molar-refractivity contribution in [2.75, 3.05) is 6.61 Å². The van der Waals surface area contributed by atoms with E-state index in [1.807, 2.05) is 0 Å². The SMILES string of the molecule is CC=Cc1ccc(OCC)c(F)c1F. The summed E-state index contributed by atoms with van der Waals surface area (Å²) in [4.78, 5) is 0. The predicted molar refractivity (Wildman–Crippen MR) is 52.2 cm³/mol. The minimum absolute atomic E-state index is 0.0433. The summed E-state index contributed by atoms with van der Waals surface area (Å²) in [6, 6.07) is 2.92. The van der Waals surface area contributed by atoms with Gasteiger partial charge in [0.2, 0.25) is 5.82 Å². The van der Waals surface area contributed by atoms with Gasteiger partial charge in [0, 0.05) is 5.56 Å². The number of benzene rings is 1. The first-order valence-electron chi connectivity index (χ1n) is 4.44. The van der Waals surface area contributed by atoms with Gasteiger partial charge in [-0.05, 0) is 26.0 Å². The number of allylic oxidation sites excluding steroid dienone is 1. The molecule has 76 valence electrons. The fourth-order valence-corrected chi connectivity index (χ4v) is 1.12. The Labute approximate surface area is 82.0 Å². The number of rotatable bonds is 3. The molecule has 0 atom stereocenters. The van der Waals surface area contributed by atoms with Crippen molar-refractivity contribution in [2.24, 2.45) is 0 Å². The van der Waals surface area contributed by atoms with E-state index in [4.69, 9.17) is 4.74 Å². The molecule has 0 aliphatic carbocycles. The number of halogens is 2. The van der Waals surface area contributed by atoms with Crippen LogP contribution in [0.1, 0.15) is 19.4 Å². The van der Waals surface area contributed by atoms with Crippen molar-refractivity contribution in [1.82, 2.24) is 0 Å². The predicted octanol–water partition coefficient (Wildman–Crippen LogP) is 3.40. The van der Waals surface area contributed by atoms with Gasteiger partial charge in [-0.1, -0.05) is 12.2 Å². The van der Waals surface area contributed by atoms with Gasteiger partial charge < -0.3 is 4.74 Å². The molecular formula is C11H12F2O. The maximum absolute atomic E-state index is 13.3. The Morgan fingerprint density at radius 3 is 2.57 bits per heavy atom. The van der Waals surface area contributed by atoms with Crippen molar-refractivity contribution in [3.63, 3.8) is 0 Å². The zero-order valence-corrected chi connectivity index (χ0v) is 8.18. The van der Waals surface area contributed by atoms with Crippen LogP contribution in [0.3, 0.4) is 0 Å². The summed E-state index contributed by atoms with van der Waals surface area (Å²) in [5.41, 5.74) is 0.230. The molecule has 1 rings (SSSR count). The highest BCUT2D eigenvalue weighted by molar-refractivity contribution is 5.51. The van der Waals surface area contributed by atoms with Crippen molar-refractivity contribution >= 4 is 6.08 Å². The zero-order chi connectivity index (χ0) is 10.6. The topological polar surface area (TPSA) is 9.23 Å². The third-order valence-electron chi connectivity index (χ3n) is 1.72. The lowest BCUT2D eigenvalue weighted by Crippen LogP contribution is -1.98. The summed E-state index contributed by atoms with van der Waals surface area (Å²) in [7, 11) is 0. The van der Waals surface area contributed by atoms with E-state index < -0.39 is 11.6 Å². The van der Waals surface area contributed by atoms with Gasteiger partial charge in [0.05, 0.1) is 6.61 Å². The quantitative estimate of drug-likeness (QED) is 0.723. The Bertz CT molecular complexity index is 345. The summed E-state index contributed by atoms with van der Waals surface area (Å²) < 4.78 is 31.4. The number of hydrogen-bond acceptors (Lipinski definition) is 1. The minimum Gasteiger partial charge on any atom is -0.491 e. The number of ether oxygens (including phenoxy) is 1. The summed E-state index contributed by atoms with van der Waals surface area (Å²) in [6.45, 7) is 3.78. The van der Waals surface area contributed by atoms with E-state index in [0.717, 1.165) is 0 Å². The first kappa shape index (κ1) is 10.7. The van der Waals surface area contributed by atoms with Crippen LogP contribution >= 0.6 is 0 Å². The van der Waals surface area contributed by atoms with E-state index in [2.05, 4.69) is 0 Å². The lowest BCUT2D eigenvalue weighted by atomic mass is 10.2. The zero-order valence-electron chi connectivity index (χ0n) is 8.18. The van der Waals surface area contributed by atoms with Crippen LogP contribution in [0.15, 0.2) is 18.2 Å². The molecule has 0 aliphatic heterocycles. The molecule has 0 aliphatic rings. The minimum atomic E-state index is -0.928. The molecule has 1 aromatic carbocycles. The third kappa shape index (κ3) is 2.10. The molecule has 0 spiro atoms. The maximum Gasteiger partial charge on any atom is 0.201 e. The second-order valence-corrected chi connectivity index (χ2v) is 2.71. The molecule has 0 unspecified atom stereocenters. The standard InChI is InChI=1S/C11H12F2O/c1-3-5-8-6-7-9(14-4-2)11(13)10(8)12/h3,5-7H,4H2,1-2H3. The highest BCUT2D eigenvalue weighted by Crippen LogP contribution is 2.23. The molecule has 0 saturated carbocycles. The first-order chi connectivity index (χ1) is 6.70. The van der Waals surface area contributed by atoms with Gasteiger partial charge in [-0.2, -0.15) is 4.39 Å². The van der Waals surface area contributed by atoms with Gasteiger partial charge in [0.25, 0.3) is 0 Å². The Balaban J connectivity index is 3.12. The van der Waals surface area contributed by atoms with Crippen LogP contribution in [0, 0.1) is 11.6 Å². The fraction of sp³-hybridized carbons (Fsp3) is 0.273. The van der Waals surface area contributed by atoms with Crippen LogP contribution in [-0.4, -0.2) is 6.61 Å². The summed E-state index contributed by atoms with van der Waals surface area (Å²) in [5.74, 6) is -1.84. The molecule has 1 nitrogen and oxygen atoms in total. The van der Waals surface area contributed by atoms with Crippen LogP contribution in [0.5, 0.6) is 5.75 Å². The lowest BCUT2D eigenvalue weighted by Gasteiger charge is -2.06. The molecule has 0 bridgehead atoms. The second-order valence-electron chi connectivity index (χ2n) is 2.71. The van der Waals surface area contributed by atoms with E-state index in [1.165, 1.54) is 18.2 Å². The van der Waals surface area contributed by atoms with Crippen molar-refractivity contribution in [3.05, 3.63) is 35.4 Å². The molecular weight excluding hydrogens is 186 g/mol. The van der Waals surface area contributed by atoms with Gasteiger partial charge in [-0.15, -0.1) is 0 Å². The molecule has 0 aromatic heterocycles. The van der Waals surface area contributed by atoms with Crippen LogP contribution < -0.4 is 4.74 Å². The van der Waals surface area contributed by atoms with Crippen LogP contribution in [0.2, 0.25) is 0 Å². The number of hydrogen-bond donors (Lipinski definition) is 0. The van der Waals surface area contributed by atoms with Crippen molar-refractivity contribution < 1.29 is 13.5 Å². The Morgan fingerprint density at radius 2 is 2.00 bits per heavy atom. The highest BCUT2D eigenvalue weighted by atomic mass is 19.2. The lowest BCUT2D eigenvalue weighted by molar-refractivity contribution is 0.314. The average Bonchev–Trinajstić information content (AvgIpc) is 2.18. The molecule has 0 amide bonds. The largest absolute Gasteiger partial charge is 0.491 e. The Hall–Kier alpha value is -1.38. The van der Waals surface area contributed by atoms with E-state index >= 15 is 0 Å². The van der Waals surface area contributed by atoms with E-state index in [1.54, 1.807) is 19.9 Å². The summed E-state index contributed by atoms with van der Waals surface area (Å²) >= 11 is 0. The fourth-order valence-electron chi connectivity index (χ4n) is 1.12. The van der Waals surface area contributed by atoms with Crippen LogP contribution in [-0.2, 0) is 0 Å². The maximum atomic E-state index is 13.3. The molecule has 14 heavy (non-hydrogen) atoms. The molecule has 0 radical (unpaired) electrons. The van der Waals surface area contributed by atoms with Gasteiger partial charge >= 0.3 is 0 Å². The van der Waals surface area contributed by atoms with Gasteiger partial charge in [0.1, 0.15) is 0 Å². The van der Waals surface area contributed by atoms with Gasteiger partial charge in [-0.3, -0.25) is 0 Å². The highest BCUT2D eigenvalue weighted by Gasteiger charge is 2.11. The summed E-state index contributed by atoms with van der Waals surface area (Å²) in [5, 5.41) is 0. The molecule has 0 fully saturated rings. The first-order valence-corrected chi connectivity index (χ1v) is 4.44. The molecule has 0 heterocycles. The second kappa shape index (κ2) is 4.74. The molecule has 1 aromatic rings. The smallest absolute Gasteiger partial charge is 0.201 e. The van der Waals surface area contributed by atoms with Crippen LogP contribution in [0.4, 0.5) is 8.78 Å².